The number of Topliss-reactive ketones (excluding diaryl/α,β-unsaturated/α-hetero) is 1. The summed E-state index contributed by atoms with van der Waals surface area (Å²) in [7, 11) is 0. The Labute approximate surface area is 229 Å². The van der Waals surface area contributed by atoms with Gasteiger partial charge in [-0.2, -0.15) is 0 Å². The molecule has 0 bridgehead atoms. The lowest BCUT2D eigenvalue weighted by Gasteiger charge is -2.39. The first-order chi connectivity index (χ1) is 18.9. The number of aromatic nitrogens is 3. The number of carbonyl (C=O) groups excluding carboxylic acids is 2. The fourth-order valence-corrected chi connectivity index (χ4v) is 6.64. The average Bonchev–Trinajstić information content (AvgIpc) is 3.21. The molecular formula is C30H20BrN3O5. The van der Waals surface area contributed by atoms with Gasteiger partial charge in [-0.3, -0.25) is 9.59 Å². The first-order valence-corrected chi connectivity index (χ1v) is 13.3. The molecule has 8 nitrogen and oxygen atoms in total. The van der Waals surface area contributed by atoms with Crippen LogP contribution in [0.4, 0.5) is 0 Å². The quantitative estimate of drug-likeness (QED) is 0.284. The number of hydrogen-bond donors (Lipinski definition) is 1. The van der Waals surface area contributed by atoms with Gasteiger partial charge in [0.2, 0.25) is 0 Å². The number of rotatable bonds is 2. The molecule has 1 aromatic heterocycles. The Morgan fingerprint density at radius 2 is 1.56 bits per heavy atom. The number of phenolic OH excluding ortho intramolecular Hbond substituents is 1. The second-order valence-electron chi connectivity index (χ2n) is 9.82. The van der Waals surface area contributed by atoms with Gasteiger partial charge < -0.3 is 5.11 Å². The maximum atomic E-state index is 13.8. The van der Waals surface area contributed by atoms with Crippen LogP contribution in [-0.2, 0) is 16.1 Å². The van der Waals surface area contributed by atoms with Crippen molar-refractivity contribution < 1.29 is 14.7 Å². The lowest BCUT2D eigenvalue weighted by atomic mass is 9.68. The highest BCUT2D eigenvalue weighted by molar-refractivity contribution is 9.12. The normalized spacial score (nSPS) is 20.3. The van der Waals surface area contributed by atoms with E-state index in [4.69, 9.17) is 0 Å². The van der Waals surface area contributed by atoms with Crippen molar-refractivity contribution in [3.05, 3.63) is 127 Å². The van der Waals surface area contributed by atoms with Crippen molar-refractivity contribution in [3.63, 3.8) is 0 Å². The summed E-state index contributed by atoms with van der Waals surface area (Å²) in [4.78, 5) is 54.1. The Bertz CT molecular complexity index is 1970. The summed E-state index contributed by atoms with van der Waals surface area (Å²) in [6, 6.07) is 18.7. The van der Waals surface area contributed by atoms with Crippen LogP contribution in [0.5, 0.6) is 5.75 Å². The second kappa shape index (κ2) is 8.51. The van der Waals surface area contributed by atoms with E-state index >= 15 is 0 Å². The van der Waals surface area contributed by atoms with Crippen molar-refractivity contribution >= 4 is 38.3 Å². The number of para-hydroxylation sites is 1. The maximum Gasteiger partial charge on any atom is 0.352 e. The summed E-state index contributed by atoms with van der Waals surface area (Å²) in [5.74, 6) is -1.14. The van der Waals surface area contributed by atoms with E-state index in [9.17, 15) is 24.3 Å². The third kappa shape index (κ3) is 3.29. The SMILES string of the molecule is O=C1C=C(Br)C(=O)C2=C1C(c1ccc(O)c3ccccc13)C1=CCn3c(=O)n(-c4ccccc4)c(=O)n3C1C2. The van der Waals surface area contributed by atoms with E-state index in [0.717, 1.165) is 21.1 Å². The molecule has 3 aromatic carbocycles. The molecule has 3 aliphatic rings. The Kier molecular flexibility index (Phi) is 5.15. The molecule has 2 atom stereocenters. The zero-order chi connectivity index (χ0) is 27.0. The highest BCUT2D eigenvalue weighted by atomic mass is 79.9. The molecule has 0 amide bonds. The summed E-state index contributed by atoms with van der Waals surface area (Å²) >= 11 is 3.24. The van der Waals surface area contributed by atoms with Crippen LogP contribution in [0.15, 0.2) is 110 Å². The van der Waals surface area contributed by atoms with Gasteiger partial charge >= 0.3 is 11.4 Å². The molecule has 192 valence electrons. The van der Waals surface area contributed by atoms with Crippen LogP contribution in [0.1, 0.15) is 23.9 Å². The van der Waals surface area contributed by atoms with Gasteiger partial charge in [0, 0.05) is 34.9 Å². The van der Waals surface area contributed by atoms with Crippen LogP contribution >= 0.6 is 15.9 Å². The Morgan fingerprint density at radius 3 is 2.33 bits per heavy atom. The van der Waals surface area contributed by atoms with Crippen molar-refractivity contribution in [1.82, 2.24) is 13.9 Å². The zero-order valence-electron chi connectivity index (χ0n) is 20.4. The predicted molar refractivity (Wildman–Crippen MR) is 148 cm³/mol. The summed E-state index contributed by atoms with van der Waals surface area (Å²) in [5, 5.41) is 11.9. The topological polar surface area (TPSA) is 103 Å². The van der Waals surface area contributed by atoms with Gasteiger partial charge in [-0.1, -0.05) is 54.6 Å². The number of phenols is 1. The third-order valence-electron chi connectivity index (χ3n) is 7.86. The Balaban J connectivity index is 1.51. The summed E-state index contributed by atoms with van der Waals surface area (Å²) in [6.07, 6.45) is 3.29. The molecule has 1 N–H and O–H groups in total. The van der Waals surface area contributed by atoms with Crippen molar-refractivity contribution in [2.24, 2.45) is 0 Å². The molecule has 39 heavy (non-hydrogen) atoms. The highest BCUT2D eigenvalue weighted by Crippen LogP contribution is 2.51. The number of carbonyl (C=O) groups is 2. The number of benzene rings is 3. The van der Waals surface area contributed by atoms with Crippen LogP contribution in [0.25, 0.3) is 16.5 Å². The lowest BCUT2D eigenvalue weighted by Crippen LogP contribution is -2.40. The minimum absolute atomic E-state index is 0.0966. The molecule has 0 radical (unpaired) electrons. The number of nitrogens with zero attached hydrogens (tertiary/aromatic N) is 3. The summed E-state index contributed by atoms with van der Waals surface area (Å²) in [5.41, 5.74) is 1.67. The minimum Gasteiger partial charge on any atom is -0.507 e. The van der Waals surface area contributed by atoms with E-state index in [1.807, 2.05) is 24.3 Å². The lowest BCUT2D eigenvalue weighted by molar-refractivity contribution is -0.115. The van der Waals surface area contributed by atoms with Crippen molar-refractivity contribution in [1.29, 1.82) is 0 Å². The molecule has 1 aliphatic heterocycles. The van der Waals surface area contributed by atoms with Crippen LogP contribution in [0, 0.1) is 0 Å². The van der Waals surface area contributed by atoms with Crippen molar-refractivity contribution in [3.8, 4) is 11.4 Å². The van der Waals surface area contributed by atoms with Gasteiger partial charge in [0.25, 0.3) is 0 Å². The first kappa shape index (κ1) is 23.6. The van der Waals surface area contributed by atoms with Gasteiger partial charge in [-0.05, 0) is 50.7 Å². The molecule has 2 aliphatic carbocycles. The number of fused-ring (bicyclic) bond motifs is 4. The second-order valence-corrected chi connectivity index (χ2v) is 10.7. The molecule has 2 heterocycles. The van der Waals surface area contributed by atoms with E-state index in [1.165, 1.54) is 15.4 Å². The fraction of sp³-hybridized carbons (Fsp3) is 0.133. The van der Waals surface area contributed by atoms with Crippen LogP contribution in [0.3, 0.4) is 0 Å². The number of allylic oxidation sites excluding steroid dienone is 6. The Hall–Kier alpha value is -4.50. The molecule has 7 rings (SSSR count). The molecule has 0 saturated heterocycles. The van der Waals surface area contributed by atoms with Gasteiger partial charge in [0.05, 0.1) is 22.8 Å². The smallest absolute Gasteiger partial charge is 0.352 e. The predicted octanol–water partition coefficient (Wildman–Crippen LogP) is 4.06. The van der Waals surface area contributed by atoms with Gasteiger partial charge in [0.1, 0.15) is 5.75 Å². The van der Waals surface area contributed by atoms with E-state index in [2.05, 4.69) is 15.9 Å². The number of ketones is 2. The van der Waals surface area contributed by atoms with E-state index in [0.29, 0.717) is 22.2 Å². The van der Waals surface area contributed by atoms with Crippen molar-refractivity contribution in [2.45, 2.75) is 24.9 Å². The molecule has 0 fully saturated rings. The molecule has 9 heteroatoms. The molecule has 0 spiro atoms. The third-order valence-corrected chi connectivity index (χ3v) is 8.45. The number of hydrogen-bond acceptors (Lipinski definition) is 5. The maximum absolute atomic E-state index is 13.8. The van der Waals surface area contributed by atoms with Crippen molar-refractivity contribution in [2.75, 3.05) is 0 Å². The van der Waals surface area contributed by atoms with E-state index in [1.54, 1.807) is 48.5 Å². The van der Waals surface area contributed by atoms with Gasteiger partial charge in [0.15, 0.2) is 11.6 Å². The van der Waals surface area contributed by atoms with Crippen LogP contribution in [-0.4, -0.2) is 30.6 Å². The zero-order valence-corrected chi connectivity index (χ0v) is 22.0. The van der Waals surface area contributed by atoms with Crippen LogP contribution in [0.2, 0.25) is 0 Å². The fourth-order valence-electron chi connectivity index (χ4n) is 6.19. The molecule has 0 saturated carbocycles. The summed E-state index contributed by atoms with van der Waals surface area (Å²) in [6.45, 7) is 0.135. The molecule has 2 unspecified atom stereocenters. The largest absolute Gasteiger partial charge is 0.507 e. The van der Waals surface area contributed by atoms with Crippen LogP contribution < -0.4 is 11.4 Å². The molecular weight excluding hydrogens is 562 g/mol. The highest BCUT2D eigenvalue weighted by Gasteiger charge is 2.45. The Morgan fingerprint density at radius 1 is 0.846 bits per heavy atom. The van der Waals surface area contributed by atoms with E-state index < -0.39 is 23.3 Å². The molecule has 4 aromatic rings. The first-order valence-electron chi connectivity index (χ1n) is 12.5. The number of aromatic hydroxyl groups is 1. The van der Waals surface area contributed by atoms with E-state index in [-0.39, 0.29) is 34.8 Å². The van der Waals surface area contributed by atoms with Gasteiger partial charge in [-0.25, -0.2) is 23.5 Å². The standard InChI is InChI=1S/C30H20BrN3O5/c31-22-15-25(36)27-21(28(22)37)14-23-20(26(27)19-10-11-24(35)18-9-5-4-8-17(18)19)12-13-32-29(38)33(30(39)34(23)32)16-6-2-1-3-7-16/h1-12,15,23,26,35H,13-14H2. The van der Waals surface area contributed by atoms with Gasteiger partial charge in [-0.15, -0.1) is 0 Å². The average molecular weight is 582 g/mol. The minimum atomic E-state index is -0.657. The number of halogens is 1. The monoisotopic (exact) mass is 581 g/mol. The summed E-state index contributed by atoms with van der Waals surface area (Å²) < 4.78 is 4.11.